The van der Waals surface area contributed by atoms with Crippen molar-refractivity contribution in [3.63, 3.8) is 0 Å². The second kappa shape index (κ2) is 8.16. The summed E-state index contributed by atoms with van der Waals surface area (Å²) < 4.78 is 0. The fraction of sp³-hybridized carbons (Fsp3) is 0.190. The molecule has 0 saturated carbocycles. The van der Waals surface area contributed by atoms with Crippen LogP contribution in [0.5, 0.6) is 0 Å². The predicted molar refractivity (Wildman–Crippen MR) is 113 cm³/mol. The largest absolute Gasteiger partial charge is 0.331 e. The number of H-pyrrole nitrogens is 2. The lowest BCUT2D eigenvalue weighted by molar-refractivity contribution is 0.101. The van der Waals surface area contributed by atoms with Crippen molar-refractivity contribution in [2.24, 2.45) is 5.92 Å². The fourth-order valence-electron chi connectivity index (χ4n) is 3.09. The van der Waals surface area contributed by atoms with Gasteiger partial charge in [0.2, 0.25) is 11.9 Å². The molecule has 0 spiro atoms. The van der Waals surface area contributed by atoms with E-state index in [0.717, 1.165) is 12.1 Å². The predicted octanol–water partition coefficient (Wildman–Crippen LogP) is 3.38. The van der Waals surface area contributed by atoms with E-state index in [1.807, 2.05) is 12.1 Å². The van der Waals surface area contributed by atoms with E-state index in [1.54, 1.807) is 36.7 Å². The number of carbonyl (C=O) groups is 2. The van der Waals surface area contributed by atoms with E-state index in [2.05, 4.69) is 49.4 Å². The third-order valence-electron chi connectivity index (χ3n) is 4.38. The van der Waals surface area contributed by atoms with Crippen molar-refractivity contribution in [3.8, 4) is 0 Å². The van der Waals surface area contributed by atoms with Gasteiger partial charge in [-0.15, -0.1) is 0 Å². The van der Waals surface area contributed by atoms with E-state index in [1.165, 1.54) is 0 Å². The monoisotopic (exact) mass is 403 g/mol. The summed E-state index contributed by atoms with van der Waals surface area (Å²) in [4.78, 5) is 43.9. The third-order valence-corrected chi connectivity index (χ3v) is 4.38. The van der Waals surface area contributed by atoms with Crippen molar-refractivity contribution in [1.29, 1.82) is 0 Å². The number of anilines is 2. The molecule has 0 radical (unpaired) electrons. The quantitative estimate of drug-likeness (QED) is 0.392. The van der Waals surface area contributed by atoms with Crippen LogP contribution in [0, 0.1) is 5.92 Å². The molecule has 2 amide bonds. The Morgan fingerprint density at radius 2 is 1.80 bits per heavy atom. The van der Waals surface area contributed by atoms with Crippen molar-refractivity contribution in [2.75, 3.05) is 10.6 Å². The summed E-state index contributed by atoms with van der Waals surface area (Å²) in [5.41, 5.74) is 2.60. The molecule has 9 heteroatoms. The SMILES string of the molecule is CC(C)Cc1cccc(C(=O)Nc2nc3c(C(=O)Nc4ncc[nH]4)cccc3[nH]2)n1. The molecule has 30 heavy (non-hydrogen) atoms. The first-order chi connectivity index (χ1) is 14.5. The van der Waals surface area contributed by atoms with Gasteiger partial charge in [0.15, 0.2) is 0 Å². The first-order valence-electron chi connectivity index (χ1n) is 9.56. The van der Waals surface area contributed by atoms with Crippen LogP contribution >= 0.6 is 0 Å². The van der Waals surface area contributed by atoms with Crippen LogP contribution in [0.4, 0.5) is 11.9 Å². The summed E-state index contributed by atoms with van der Waals surface area (Å²) in [5, 5.41) is 5.39. The zero-order valence-electron chi connectivity index (χ0n) is 16.6. The molecule has 0 unspecified atom stereocenters. The van der Waals surface area contributed by atoms with Crippen molar-refractivity contribution in [1.82, 2.24) is 24.9 Å². The molecule has 4 N–H and O–H groups in total. The number of carbonyl (C=O) groups excluding carboxylic acids is 2. The molecule has 0 atom stereocenters. The van der Waals surface area contributed by atoms with Gasteiger partial charge < -0.3 is 9.97 Å². The molecule has 1 aromatic carbocycles. The summed E-state index contributed by atoms with van der Waals surface area (Å²) in [5.74, 6) is 0.291. The molecule has 3 aromatic heterocycles. The molecule has 0 aliphatic heterocycles. The number of nitrogens with one attached hydrogen (secondary N) is 4. The molecule has 4 rings (SSSR count). The number of amides is 2. The van der Waals surface area contributed by atoms with Crippen LogP contribution in [0.25, 0.3) is 11.0 Å². The minimum Gasteiger partial charge on any atom is -0.331 e. The van der Waals surface area contributed by atoms with Crippen LogP contribution in [0.15, 0.2) is 48.8 Å². The van der Waals surface area contributed by atoms with Crippen molar-refractivity contribution in [3.05, 3.63) is 65.7 Å². The number of aromatic amines is 2. The lowest BCUT2D eigenvalue weighted by Crippen LogP contribution is -2.15. The van der Waals surface area contributed by atoms with E-state index >= 15 is 0 Å². The molecule has 0 aliphatic carbocycles. The Hall–Kier alpha value is -4.01. The second-order valence-electron chi connectivity index (χ2n) is 7.25. The van der Waals surface area contributed by atoms with Crippen molar-refractivity contribution < 1.29 is 9.59 Å². The molecular weight excluding hydrogens is 382 g/mol. The van der Waals surface area contributed by atoms with Gasteiger partial charge in [0.1, 0.15) is 11.2 Å². The maximum absolute atomic E-state index is 12.6. The zero-order valence-corrected chi connectivity index (χ0v) is 16.6. The van der Waals surface area contributed by atoms with Gasteiger partial charge in [-0.2, -0.15) is 0 Å². The number of nitrogens with zero attached hydrogens (tertiary/aromatic N) is 3. The van der Waals surface area contributed by atoms with Crippen LogP contribution in [-0.4, -0.2) is 36.7 Å². The average molecular weight is 403 g/mol. The Morgan fingerprint density at radius 1 is 1.00 bits per heavy atom. The van der Waals surface area contributed by atoms with E-state index in [0.29, 0.717) is 34.2 Å². The summed E-state index contributed by atoms with van der Waals surface area (Å²) in [6.45, 7) is 4.20. The van der Waals surface area contributed by atoms with Crippen LogP contribution in [0.2, 0.25) is 0 Å². The van der Waals surface area contributed by atoms with E-state index in [4.69, 9.17) is 0 Å². The van der Waals surface area contributed by atoms with Gasteiger partial charge >= 0.3 is 0 Å². The molecule has 0 bridgehead atoms. The maximum Gasteiger partial charge on any atom is 0.276 e. The molecule has 3 heterocycles. The van der Waals surface area contributed by atoms with Gasteiger partial charge in [-0.1, -0.05) is 26.0 Å². The van der Waals surface area contributed by atoms with Gasteiger partial charge in [-0.05, 0) is 36.6 Å². The summed E-state index contributed by atoms with van der Waals surface area (Å²) >= 11 is 0. The first-order valence-corrected chi connectivity index (χ1v) is 9.56. The number of rotatable bonds is 6. The number of pyridine rings is 1. The highest BCUT2D eigenvalue weighted by Gasteiger charge is 2.16. The highest BCUT2D eigenvalue weighted by molar-refractivity contribution is 6.11. The molecule has 0 aliphatic rings. The number of fused-ring (bicyclic) bond motifs is 1. The smallest absolute Gasteiger partial charge is 0.276 e. The highest BCUT2D eigenvalue weighted by atomic mass is 16.2. The van der Waals surface area contributed by atoms with Crippen molar-refractivity contribution in [2.45, 2.75) is 20.3 Å². The summed E-state index contributed by atoms with van der Waals surface area (Å²) in [6, 6.07) is 10.6. The Bertz CT molecular complexity index is 1200. The zero-order chi connectivity index (χ0) is 21.1. The Kier molecular flexibility index (Phi) is 5.25. The minimum absolute atomic E-state index is 0.240. The number of hydrogen-bond donors (Lipinski definition) is 4. The molecule has 9 nitrogen and oxygen atoms in total. The van der Waals surface area contributed by atoms with Gasteiger partial charge in [-0.25, -0.2) is 15.0 Å². The highest BCUT2D eigenvalue weighted by Crippen LogP contribution is 2.20. The maximum atomic E-state index is 12.6. The number of aromatic nitrogens is 5. The lowest BCUT2D eigenvalue weighted by Gasteiger charge is -2.06. The minimum atomic E-state index is -0.374. The van der Waals surface area contributed by atoms with E-state index < -0.39 is 0 Å². The fourth-order valence-corrected chi connectivity index (χ4v) is 3.09. The standard InChI is InChI=1S/C21H21N7O2/c1-12(2)11-13-5-3-8-16(24-13)19(30)28-21-25-15-7-4-6-14(17(15)26-21)18(29)27-20-22-9-10-23-20/h3-10,12H,11H2,1-2H3,(H2,22,23,27,29)(H2,25,26,28,30). The van der Waals surface area contributed by atoms with E-state index in [-0.39, 0.29) is 17.8 Å². The topological polar surface area (TPSA) is 128 Å². The Labute approximate surface area is 172 Å². The van der Waals surface area contributed by atoms with Gasteiger partial charge in [0, 0.05) is 18.1 Å². The Morgan fingerprint density at radius 3 is 2.57 bits per heavy atom. The average Bonchev–Trinajstić information content (AvgIpc) is 3.36. The van der Waals surface area contributed by atoms with Crippen LogP contribution in [0.1, 0.15) is 40.4 Å². The number of para-hydroxylation sites is 1. The normalized spacial score (nSPS) is 11.0. The number of imidazole rings is 2. The van der Waals surface area contributed by atoms with Crippen LogP contribution < -0.4 is 10.6 Å². The van der Waals surface area contributed by atoms with Crippen molar-refractivity contribution >= 4 is 34.7 Å². The molecule has 0 saturated heterocycles. The van der Waals surface area contributed by atoms with Gasteiger partial charge in [-0.3, -0.25) is 20.2 Å². The van der Waals surface area contributed by atoms with Gasteiger partial charge in [0.05, 0.1) is 11.1 Å². The molecular formula is C21H21N7O2. The third kappa shape index (κ3) is 4.19. The molecule has 0 fully saturated rings. The van der Waals surface area contributed by atoms with Crippen LogP contribution in [0.3, 0.4) is 0 Å². The van der Waals surface area contributed by atoms with Gasteiger partial charge in [0.25, 0.3) is 11.8 Å². The second-order valence-corrected chi connectivity index (χ2v) is 7.25. The van der Waals surface area contributed by atoms with E-state index in [9.17, 15) is 9.59 Å². The molecule has 152 valence electrons. The number of benzene rings is 1. The van der Waals surface area contributed by atoms with Crippen LogP contribution in [-0.2, 0) is 6.42 Å². The number of hydrogen-bond acceptors (Lipinski definition) is 5. The first kappa shape index (κ1) is 19.3. The summed E-state index contributed by atoms with van der Waals surface area (Å²) in [6.07, 6.45) is 3.95. The summed E-state index contributed by atoms with van der Waals surface area (Å²) in [7, 11) is 0. The lowest BCUT2D eigenvalue weighted by atomic mass is 10.1. The molecule has 4 aromatic rings. The Balaban J connectivity index is 1.55.